The van der Waals surface area contributed by atoms with Gasteiger partial charge in [-0.05, 0) is 62.6 Å². The van der Waals surface area contributed by atoms with E-state index in [-0.39, 0.29) is 13.0 Å². The summed E-state index contributed by atoms with van der Waals surface area (Å²) < 4.78 is 32.8. The van der Waals surface area contributed by atoms with E-state index in [9.17, 15) is 13.6 Å². The summed E-state index contributed by atoms with van der Waals surface area (Å²) in [6.45, 7) is 5.36. The largest absolute Gasteiger partial charge is 0.443 e. The van der Waals surface area contributed by atoms with Crippen molar-refractivity contribution in [2.75, 3.05) is 11.4 Å². The van der Waals surface area contributed by atoms with Gasteiger partial charge in [-0.1, -0.05) is 23.7 Å². The Labute approximate surface area is 184 Å². The number of carbonyl (C=O) groups excluding carboxylic acids is 1. The van der Waals surface area contributed by atoms with Crippen molar-refractivity contribution < 1.29 is 18.3 Å². The van der Waals surface area contributed by atoms with Crippen LogP contribution in [0.3, 0.4) is 0 Å². The van der Waals surface area contributed by atoms with Gasteiger partial charge >= 0.3 is 6.09 Å². The van der Waals surface area contributed by atoms with Gasteiger partial charge in [-0.2, -0.15) is 0 Å². The summed E-state index contributed by atoms with van der Waals surface area (Å²) in [5, 5.41) is 0.569. The van der Waals surface area contributed by atoms with Gasteiger partial charge in [0, 0.05) is 29.4 Å². The van der Waals surface area contributed by atoms with Crippen molar-refractivity contribution in [2.24, 2.45) is 0 Å². The predicted octanol–water partition coefficient (Wildman–Crippen LogP) is 6.06. The average molecular weight is 446 g/mol. The molecule has 3 rings (SSSR count). The highest BCUT2D eigenvalue weighted by Crippen LogP contribution is 2.30. The van der Waals surface area contributed by atoms with Gasteiger partial charge in [-0.3, -0.25) is 4.90 Å². The molecule has 1 amide bonds. The molecule has 2 aromatic carbocycles. The maximum atomic E-state index is 13.6. The topological polar surface area (TPSA) is 55.3 Å². The number of benzene rings is 2. The molecule has 8 heteroatoms. The standard InChI is InChI=1S/C23H22ClF2N3O2/c1-23(2,3)31-22(30)29(9-8-15-10-18(25)12-19(26)11-15)21-20(13-27-14-28-21)16-4-6-17(24)7-5-16/h4-7,10-14H,8-9H2,1-3H3. The van der Waals surface area contributed by atoms with Gasteiger partial charge in [0.05, 0.1) is 0 Å². The first-order valence-corrected chi connectivity index (χ1v) is 10.0. The molecule has 3 aromatic rings. The number of anilines is 1. The van der Waals surface area contributed by atoms with Crippen LogP contribution in [0.2, 0.25) is 5.02 Å². The normalized spacial score (nSPS) is 11.3. The van der Waals surface area contributed by atoms with Gasteiger partial charge in [0.15, 0.2) is 0 Å². The fraction of sp³-hybridized carbons (Fsp3) is 0.261. The molecule has 0 atom stereocenters. The number of halogens is 3. The smallest absolute Gasteiger partial charge is 0.416 e. The van der Waals surface area contributed by atoms with E-state index >= 15 is 0 Å². The van der Waals surface area contributed by atoms with Crippen LogP contribution in [0.15, 0.2) is 55.0 Å². The van der Waals surface area contributed by atoms with Crippen LogP contribution >= 0.6 is 11.6 Å². The quantitative estimate of drug-likeness (QED) is 0.479. The predicted molar refractivity (Wildman–Crippen MR) is 116 cm³/mol. The summed E-state index contributed by atoms with van der Waals surface area (Å²) in [6, 6.07) is 10.3. The summed E-state index contributed by atoms with van der Waals surface area (Å²) in [4.78, 5) is 22.8. The van der Waals surface area contributed by atoms with Crippen molar-refractivity contribution in [1.82, 2.24) is 9.97 Å². The van der Waals surface area contributed by atoms with Crippen LogP contribution in [0.4, 0.5) is 19.4 Å². The summed E-state index contributed by atoms with van der Waals surface area (Å²) in [5.74, 6) is -1.03. The van der Waals surface area contributed by atoms with Crippen LogP contribution in [0, 0.1) is 11.6 Å². The summed E-state index contributed by atoms with van der Waals surface area (Å²) in [5.41, 5.74) is 1.02. The highest BCUT2D eigenvalue weighted by atomic mass is 35.5. The molecule has 5 nitrogen and oxygen atoms in total. The molecule has 0 aliphatic rings. The Morgan fingerprint density at radius 3 is 2.35 bits per heavy atom. The van der Waals surface area contributed by atoms with Crippen LogP contribution in [0.5, 0.6) is 0 Å². The molecular weight excluding hydrogens is 424 g/mol. The zero-order valence-electron chi connectivity index (χ0n) is 17.4. The summed E-state index contributed by atoms with van der Waals surface area (Å²) in [7, 11) is 0. The Kier molecular flexibility index (Phi) is 6.85. The lowest BCUT2D eigenvalue weighted by Crippen LogP contribution is -2.39. The number of aromatic nitrogens is 2. The third-order valence-electron chi connectivity index (χ3n) is 4.26. The number of ether oxygens (including phenoxy) is 1. The van der Waals surface area contributed by atoms with E-state index in [0.29, 0.717) is 22.0 Å². The molecule has 0 N–H and O–H groups in total. The fourth-order valence-corrected chi connectivity index (χ4v) is 3.09. The van der Waals surface area contributed by atoms with E-state index in [1.807, 2.05) is 0 Å². The minimum atomic E-state index is -0.742. The zero-order chi connectivity index (χ0) is 22.6. The molecule has 1 aromatic heterocycles. The van der Waals surface area contributed by atoms with Crippen LogP contribution in [0.25, 0.3) is 11.1 Å². The van der Waals surface area contributed by atoms with E-state index in [1.165, 1.54) is 23.4 Å². The molecule has 0 saturated heterocycles. The first-order chi connectivity index (χ1) is 14.6. The Morgan fingerprint density at radius 2 is 1.74 bits per heavy atom. The first kappa shape index (κ1) is 22.6. The van der Waals surface area contributed by atoms with Gasteiger partial charge in [0.1, 0.15) is 29.4 Å². The van der Waals surface area contributed by atoms with Gasteiger partial charge in [-0.15, -0.1) is 0 Å². The lowest BCUT2D eigenvalue weighted by atomic mass is 10.1. The van der Waals surface area contributed by atoms with Crippen LogP contribution < -0.4 is 4.90 Å². The van der Waals surface area contributed by atoms with Crippen molar-refractivity contribution >= 4 is 23.5 Å². The second-order valence-corrected chi connectivity index (χ2v) is 8.36. The number of amides is 1. The van der Waals surface area contributed by atoms with E-state index in [0.717, 1.165) is 11.6 Å². The second-order valence-electron chi connectivity index (χ2n) is 7.93. The van der Waals surface area contributed by atoms with Gasteiger partial charge in [0.25, 0.3) is 0 Å². The molecule has 0 aliphatic heterocycles. The monoisotopic (exact) mass is 445 g/mol. The maximum Gasteiger partial charge on any atom is 0.416 e. The Hall–Kier alpha value is -3.06. The van der Waals surface area contributed by atoms with Crippen LogP contribution in [-0.4, -0.2) is 28.2 Å². The van der Waals surface area contributed by atoms with Crippen LogP contribution in [-0.2, 0) is 11.2 Å². The molecule has 162 valence electrons. The zero-order valence-corrected chi connectivity index (χ0v) is 18.2. The third-order valence-corrected chi connectivity index (χ3v) is 4.51. The third kappa shape index (κ3) is 6.21. The van der Waals surface area contributed by atoms with Gasteiger partial charge in [-0.25, -0.2) is 23.5 Å². The maximum absolute atomic E-state index is 13.6. The molecular formula is C23H22ClF2N3O2. The SMILES string of the molecule is CC(C)(C)OC(=O)N(CCc1cc(F)cc(F)c1)c1ncncc1-c1ccc(Cl)cc1. The molecule has 1 heterocycles. The first-order valence-electron chi connectivity index (χ1n) is 9.64. The number of carbonyl (C=O) groups is 1. The van der Waals surface area contributed by atoms with E-state index in [1.54, 1.807) is 51.2 Å². The van der Waals surface area contributed by atoms with Crippen molar-refractivity contribution in [3.05, 3.63) is 77.2 Å². The van der Waals surface area contributed by atoms with Crippen molar-refractivity contribution in [3.63, 3.8) is 0 Å². The van der Waals surface area contributed by atoms with E-state index < -0.39 is 23.3 Å². The van der Waals surface area contributed by atoms with E-state index in [2.05, 4.69) is 9.97 Å². The molecule has 31 heavy (non-hydrogen) atoms. The lowest BCUT2D eigenvalue weighted by molar-refractivity contribution is 0.0579. The number of rotatable bonds is 5. The minimum Gasteiger partial charge on any atom is -0.443 e. The number of nitrogens with zero attached hydrogens (tertiary/aromatic N) is 3. The summed E-state index contributed by atoms with van der Waals surface area (Å²) in [6.07, 6.45) is 2.48. The van der Waals surface area contributed by atoms with Gasteiger partial charge in [0.2, 0.25) is 0 Å². The molecule has 0 fully saturated rings. The van der Waals surface area contributed by atoms with Gasteiger partial charge < -0.3 is 4.74 Å². The average Bonchev–Trinajstić information content (AvgIpc) is 2.67. The second kappa shape index (κ2) is 9.39. The lowest BCUT2D eigenvalue weighted by Gasteiger charge is -2.28. The highest BCUT2D eigenvalue weighted by Gasteiger charge is 2.26. The number of hydrogen-bond acceptors (Lipinski definition) is 4. The van der Waals surface area contributed by atoms with Crippen molar-refractivity contribution in [3.8, 4) is 11.1 Å². The molecule has 0 saturated carbocycles. The van der Waals surface area contributed by atoms with Crippen LogP contribution in [0.1, 0.15) is 26.3 Å². The Balaban J connectivity index is 1.98. The minimum absolute atomic E-state index is 0.0927. The molecule has 0 spiro atoms. The Bertz CT molecular complexity index is 1050. The van der Waals surface area contributed by atoms with E-state index in [4.69, 9.17) is 16.3 Å². The Morgan fingerprint density at radius 1 is 1.10 bits per heavy atom. The molecule has 0 aliphatic carbocycles. The highest BCUT2D eigenvalue weighted by molar-refractivity contribution is 6.30. The molecule has 0 unspecified atom stereocenters. The molecule has 0 radical (unpaired) electrons. The fourth-order valence-electron chi connectivity index (χ4n) is 2.97. The number of hydrogen-bond donors (Lipinski definition) is 0. The summed E-state index contributed by atoms with van der Waals surface area (Å²) >= 11 is 5.99. The molecule has 0 bridgehead atoms. The van der Waals surface area contributed by atoms with Crippen molar-refractivity contribution in [2.45, 2.75) is 32.8 Å². The van der Waals surface area contributed by atoms with Crippen molar-refractivity contribution in [1.29, 1.82) is 0 Å².